The van der Waals surface area contributed by atoms with Crippen LogP contribution in [0.3, 0.4) is 0 Å². The zero-order chi connectivity index (χ0) is 13.4. The molecule has 0 aliphatic carbocycles. The van der Waals surface area contributed by atoms with Crippen molar-refractivity contribution in [1.29, 1.82) is 5.26 Å². The minimum atomic E-state index is -0.968. The number of hydrogen-bond acceptors (Lipinski definition) is 5. The Hall–Kier alpha value is -2.23. The van der Waals surface area contributed by atoms with E-state index < -0.39 is 5.97 Å². The highest BCUT2D eigenvalue weighted by Crippen LogP contribution is 2.40. The van der Waals surface area contributed by atoms with E-state index in [9.17, 15) is 9.90 Å². The van der Waals surface area contributed by atoms with E-state index >= 15 is 0 Å². The van der Waals surface area contributed by atoms with Gasteiger partial charge in [0.25, 0.3) is 0 Å². The summed E-state index contributed by atoms with van der Waals surface area (Å²) in [5.41, 5.74) is 0.659. The van der Waals surface area contributed by atoms with Gasteiger partial charge in [-0.15, -0.1) is 22.7 Å². The van der Waals surface area contributed by atoms with E-state index in [1.54, 1.807) is 24.4 Å². The fourth-order valence-corrected chi connectivity index (χ4v) is 3.79. The Morgan fingerprint density at radius 1 is 1.32 bits per heavy atom. The predicted octanol–water partition coefficient (Wildman–Crippen LogP) is 3.59. The lowest BCUT2D eigenvalue weighted by atomic mass is 10.1. The fourth-order valence-electron chi connectivity index (χ4n) is 1.86. The first-order chi connectivity index (χ1) is 9.20. The zero-order valence-corrected chi connectivity index (χ0v) is 11.1. The summed E-state index contributed by atoms with van der Waals surface area (Å²) in [7, 11) is 0. The number of nitriles is 1. The molecule has 0 radical (unpaired) electrons. The molecule has 0 bridgehead atoms. The predicted molar refractivity (Wildman–Crippen MR) is 74.6 cm³/mol. The smallest absolute Gasteiger partial charge is 0.346 e. The van der Waals surface area contributed by atoms with E-state index in [4.69, 9.17) is 5.26 Å². The lowest BCUT2D eigenvalue weighted by Gasteiger charge is -1.97. The van der Waals surface area contributed by atoms with E-state index in [0.717, 1.165) is 21.6 Å². The molecular weight excluding hydrogens is 280 g/mol. The third-order valence-electron chi connectivity index (χ3n) is 2.62. The van der Waals surface area contributed by atoms with Crippen LogP contribution in [0.5, 0.6) is 0 Å². The summed E-state index contributed by atoms with van der Waals surface area (Å²) in [6, 6.07) is 9.18. The Balaban J connectivity index is 2.34. The van der Waals surface area contributed by atoms with Crippen molar-refractivity contribution in [2.24, 2.45) is 0 Å². The van der Waals surface area contributed by atoms with Crippen molar-refractivity contribution in [3.05, 3.63) is 40.2 Å². The van der Waals surface area contributed by atoms with Gasteiger partial charge in [-0.05, 0) is 24.3 Å². The molecule has 3 heterocycles. The van der Waals surface area contributed by atoms with Gasteiger partial charge in [-0.1, -0.05) is 0 Å². The van der Waals surface area contributed by atoms with Gasteiger partial charge in [0.05, 0.1) is 0 Å². The summed E-state index contributed by atoms with van der Waals surface area (Å²) < 4.78 is 0. The Bertz CT molecular complexity index is 827. The summed E-state index contributed by atoms with van der Waals surface area (Å²) in [5.74, 6) is -0.968. The molecule has 3 aromatic rings. The number of aromatic carboxylic acids is 1. The molecule has 6 heteroatoms. The van der Waals surface area contributed by atoms with E-state index in [2.05, 4.69) is 11.1 Å². The van der Waals surface area contributed by atoms with E-state index in [1.807, 2.05) is 6.07 Å². The standard InChI is InChI=1S/C13H6N2O2S2/c14-6-7-3-4-9(18-7)10-8-2-1-5-15-12(8)19-11(10)13(16)17/h1-5H,(H,16,17). The Morgan fingerprint density at radius 3 is 2.84 bits per heavy atom. The molecule has 0 aromatic carbocycles. The second-order valence-corrected chi connectivity index (χ2v) is 5.83. The first-order valence-corrected chi connectivity index (χ1v) is 6.95. The third-order valence-corrected chi connectivity index (χ3v) is 4.73. The van der Waals surface area contributed by atoms with Crippen LogP contribution in [-0.4, -0.2) is 16.1 Å². The molecule has 0 atom stereocenters. The van der Waals surface area contributed by atoms with Gasteiger partial charge in [0.2, 0.25) is 0 Å². The summed E-state index contributed by atoms with van der Waals surface area (Å²) in [5, 5.41) is 19.0. The number of nitrogens with zero attached hydrogens (tertiary/aromatic N) is 2. The van der Waals surface area contributed by atoms with Crippen LogP contribution in [0.2, 0.25) is 0 Å². The number of carboxylic acids is 1. The normalized spacial score (nSPS) is 10.5. The largest absolute Gasteiger partial charge is 0.477 e. The van der Waals surface area contributed by atoms with E-state index in [1.165, 1.54) is 11.3 Å². The molecule has 0 aliphatic rings. The van der Waals surface area contributed by atoms with Crippen LogP contribution >= 0.6 is 22.7 Å². The van der Waals surface area contributed by atoms with Crippen molar-refractivity contribution in [3.8, 4) is 16.5 Å². The number of rotatable bonds is 2. The lowest BCUT2D eigenvalue weighted by Crippen LogP contribution is -1.93. The minimum Gasteiger partial charge on any atom is -0.477 e. The van der Waals surface area contributed by atoms with Gasteiger partial charge in [-0.2, -0.15) is 5.26 Å². The first kappa shape index (κ1) is 11.8. The average Bonchev–Trinajstić information content (AvgIpc) is 3.02. The Kier molecular flexibility index (Phi) is 2.78. The van der Waals surface area contributed by atoms with Gasteiger partial charge in [-0.3, -0.25) is 0 Å². The van der Waals surface area contributed by atoms with Crippen molar-refractivity contribution in [2.75, 3.05) is 0 Å². The van der Waals surface area contributed by atoms with Crippen LogP contribution < -0.4 is 0 Å². The monoisotopic (exact) mass is 286 g/mol. The van der Waals surface area contributed by atoms with Crippen molar-refractivity contribution >= 4 is 38.9 Å². The SMILES string of the molecule is N#Cc1ccc(-c2c(C(=O)O)sc3ncccc23)s1. The Labute approximate surface area is 116 Å². The number of pyridine rings is 1. The Morgan fingerprint density at radius 2 is 2.16 bits per heavy atom. The topological polar surface area (TPSA) is 74.0 Å². The molecule has 19 heavy (non-hydrogen) atoms. The summed E-state index contributed by atoms with van der Waals surface area (Å²) in [6.45, 7) is 0. The maximum absolute atomic E-state index is 11.4. The summed E-state index contributed by atoms with van der Waals surface area (Å²) >= 11 is 2.45. The van der Waals surface area contributed by atoms with Crippen LogP contribution in [-0.2, 0) is 0 Å². The summed E-state index contributed by atoms with van der Waals surface area (Å²) in [4.78, 5) is 17.9. The fraction of sp³-hybridized carbons (Fsp3) is 0. The van der Waals surface area contributed by atoms with Crippen LogP contribution in [0.25, 0.3) is 20.7 Å². The first-order valence-electron chi connectivity index (χ1n) is 5.32. The quantitative estimate of drug-likeness (QED) is 0.781. The van der Waals surface area contributed by atoms with Gasteiger partial charge in [0.15, 0.2) is 0 Å². The highest BCUT2D eigenvalue weighted by molar-refractivity contribution is 7.22. The highest BCUT2D eigenvalue weighted by Gasteiger charge is 2.20. The van der Waals surface area contributed by atoms with E-state index in [0.29, 0.717) is 15.3 Å². The van der Waals surface area contributed by atoms with Crippen LogP contribution in [0, 0.1) is 11.3 Å². The number of aromatic nitrogens is 1. The molecule has 0 spiro atoms. The molecule has 4 nitrogen and oxygen atoms in total. The number of hydrogen-bond donors (Lipinski definition) is 1. The second-order valence-electron chi connectivity index (χ2n) is 3.74. The summed E-state index contributed by atoms with van der Waals surface area (Å²) in [6.07, 6.45) is 1.64. The minimum absolute atomic E-state index is 0.264. The highest BCUT2D eigenvalue weighted by atomic mass is 32.1. The van der Waals surface area contributed by atoms with Crippen molar-refractivity contribution in [3.63, 3.8) is 0 Å². The second kappa shape index (κ2) is 4.46. The molecule has 0 fully saturated rings. The van der Waals surface area contributed by atoms with Crippen LogP contribution in [0.15, 0.2) is 30.5 Å². The van der Waals surface area contributed by atoms with Gasteiger partial charge in [0.1, 0.15) is 20.7 Å². The zero-order valence-electron chi connectivity index (χ0n) is 9.45. The molecule has 0 unspecified atom stereocenters. The van der Waals surface area contributed by atoms with Crippen molar-refractivity contribution in [2.45, 2.75) is 0 Å². The van der Waals surface area contributed by atoms with Gasteiger partial charge < -0.3 is 5.11 Å². The average molecular weight is 286 g/mol. The number of thiophene rings is 2. The number of fused-ring (bicyclic) bond motifs is 1. The van der Waals surface area contributed by atoms with Gasteiger partial charge in [-0.25, -0.2) is 9.78 Å². The maximum Gasteiger partial charge on any atom is 0.346 e. The van der Waals surface area contributed by atoms with Gasteiger partial charge in [0, 0.05) is 22.0 Å². The lowest BCUT2D eigenvalue weighted by molar-refractivity contribution is 0.0703. The number of carbonyl (C=O) groups is 1. The van der Waals surface area contributed by atoms with Crippen molar-refractivity contribution < 1.29 is 9.90 Å². The molecule has 92 valence electrons. The van der Waals surface area contributed by atoms with E-state index in [-0.39, 0.29) is 4.88 Å². The maximum atomic E-state index is 11.4. The molecule has 0 aliphatic heterocycles. The molecule has 0 saturated heterocycles. The molecule has 0 saturated carbocycles. The number of carboxylic acid groups (broad SMARTS) is 1. The van der Waals surface area contributed by atoms with Crippen molar-refractivity contribution in [1.82, 2.24) is 4.98 Å². The molecule has 3 rings (SSSR count). The molecular formula is C13H6N2O2S2. The molecule has 1 N–H and O–H groups in total. The molecule has 0 amide bonds. The van der Waals surface area contributed by atoms with Crippen LogP contribution in [0.1, 0.15) is 14.5 Å². The van der Waals surface area contributed by atoms with Crippen LogP contribution in [0.4, 0.5) is 0 Å². The third kappa shape index (κ3) is 1.89. The molecule has 3 aromatic heterocycles. The van der Waals surface area contributed by atoms with Gasteiger partial charge >= 0.3 is 5.97 Å².